The zero-order chi connectivity index (χ0) is 28.9. The molecule has 2 aliphatic rings. The van der Waals surface area contributed by atoms with E-state index in [4.69, 9.17) is 27.9 Å². The van der Waals surface area contributed by atoms with Crippen LogP contribution >= 0.6 is 23.2 Å². The number of rotatable bonds is 9. The van der Waals surface area contributed by atoms with Crippen molar-refractivity contribution in [3.8, 4) is 0 Å². The zero-order valence-electron chi connectivity index (χ0n) is 20.8. The predicted molar refractivity (Wildman–Crippen MR) is 134 cm³/mol. The number of esters is 1. The molecule has 2 saturated heterocycles. The Kier molecular flexibility index (Phi) is 9.86. The van der Waals surface area contributed by atoms with Crippen LogP contribution in [0, 0.1) is 0 Å². The van der Waals surface area contributed by atoms with Crippen molar-refractivity contribution in [1.29, 1.82) is 0 Å². The fourth-order valence-corrected chi connectivity index (χ4v) is 4.89. The van der Waals surface area contributed by atoms with E-state index in [-0.39, 0.29) is 41.4 Å². The number of ether oxygens (including phenoxy) is 1. The Balaban J connectivity index is 1.76. The monoisotopic (exact) mass is 584 g/mol. The second-order valence-electron chi connectivity index (χ2n) is 8.95. The van der Waals surface area contributed by atoms with Crippen molar-refractivity contribution in [1.82, 2.24) is 20.7 Å². The average molecular weight is 585 g/mol. The summed E-state index contributed by atoms with van der Waals surface area (Å²) in [6.07, 6.45) is -0.372. The lowest BCUT2D eigenvalue weighted by molar-refractivity contribution is -0.176. The van der Waals surface area contributed by atoms with Crippen LogP contribution in [0.4, 0.5) is 0 Å². The van der Waals surface area contributed by atoms with Crippen molar-refractivity contribution in [2.45, 2.75) is 57.2 Å². The number of hydrogen-bond donors (Lipinski definition) is 3. The molecule has 3 N–H and O–H groups in total. The van der Waals surface area contributed by atoms with Crippen molar-refractivity contribution in [2.75, 3.05) is 13.2 Å². The van der Waals surface area contributed by atoms with Crippen LogP contribution in [-0.4, -0.2) is 87.8 Å². The number of carboxylic acid groups (broad SMARTS) is 1. The maximum absolute atomic E-state index is 13.3. The van der Waals surface area contributed by atoms with E-state index in [1.807, 2.05) is 0 Å². The molecule has 2 heterocycles. The molecule has 0 spiro atoms. The van der Waals surface area contributed by atoms with Crippen LogP contribution in [0.1, 0.15) is 49.4 Å². The molecule has 0 aliphatic carbocycles. The molecule has 0 bridgehead atoms. The van der Waals surface area contributed by atoms with E-state index < -0.39 is 72.5 Å². The van der Waals surface area contributed by atoms with Crippen LogP contribution in [0.5, 0.6) is 0 Å². The number of aliphatic carboxylic acids is 1. The van der Waals surface area contributed by atoms with Crippen molar-refractivity contribution < 1.29 is 43.4 Å². The van der Waals surface area contributed by atoms with E-state index in [9.17, 15) is 38.7 Å². The summed E-state index contributed by atoms with van der Waals surface area (Å²) in [6.45, 7) is 0.479. The van der Waals surface area contributed by atoms with Crippen LogP contribution < -0.4 is 10.6 Å². The number of carbonyl (C=O) groups excluding carboxylic acids is 6. The summed E-state index contributed by atoms with van der Waals surface area (Å²) in [5.41, 5.74) is -0.187. The Labute approximate surface area is 232 Å². The van der Waals surface area contributed by atoms with Crippen molar-refractivity contribution in [3.05, 3.63) is 33.8 Å². The lowest BCUT2D eigenvalue weighted by Crippen LogP contribution is -2.64. The summed E-state index contributed by atoms with van der Waals surface area (Å²) >= 11 is 11.9. The van der Waals surface area contributed by atoms with Gasteiger partial charge in [-0.05, 0) is 31.4 Å². The summed E-state index contributed by atoms with van der Waals surface area (Å²) in [4.78, 5) is 87.4. The first-order chi connectivity index (χ1) is 18.4. The highest BCUT2D eigenvalue weighted by Gasteiger charge is 2.45. The predicted octanol–water partition coefficient (Wildman–Crippen LogP) is 0.712. The van der Waals surface area contributed by atoms with Gasteiger partial charge in [0.2, 0.25) is 17.7 Å². The highest BCUT2D eigenvalue weighted by atomic mass is 35.5. The standard InChI is InChI=1S/C24H26Cl2N4O9/c1-12(31)27-15-7-8-19(33)29-9-3-6-17(30(29)23(15)37)22(36)28-16(10-20(34)35)18(32)11-39-24(38)21-13(25)4-2-5-14(21)26/h2,4-5,15-17H,3,6-11H2,1H3,(H,27,31)(H,28,36)(H,34,35)/t15-,16-,17-/m0/s1. The number of amides is 4. The Morgan fingerprint density at radius 2 is 1.79 bits per heavy atom. The topological polar surface area (TPSA) is 179 Å². The van der Waals surface area contributed by atoms with Gasteiger partial charge in [0.05, 0.1) is 22.0 Å². The molecule has 1 aromatic carbocycles. The molecule has 0 unspecified atom stereocenters. The molecular formula is C24H26Cl2N4O9. The van der Waals surface area contributed by atoms with Gasteiger partial charge in [-0.15, -0.1) is 0 Å². The van der Waals surface area contributed by atoms with Gasteiger partial charge >= 0.3 is 11.9 Å². The van der Waals surface area contributed by atoms with Crippen molar-refractivity contribution >= 4 is 64.6 Å². The minimum absolute atomic E-state index is 0.0218. The molecule has 0 radical (unpaired) electrons. The van der Waals surface area contributed by atoms with Gasteiger partial charge in [0.1, 0.15) is 18.1 Å². The lowest BCUT2D eigenvalue weighted by atomic mass is 10.0. The molecule has 13 nitrogen and oxygen atoms in total. The molecule has 0 aromatic heterocycles. The molecule has 1 aromatic rings. The number of nitrogens with zero attached hydrogens (tertiary/aromatic N) is 2. The average Bonchev–Trinajstić information content (AvgIpc) is 2.98. The summed E-state index contributed by atoms with van der Waals surface area (Å²) in [5, 5.41) is 16.2. The first kappa shape index (κ1) is 29.8. The molecule has 2 fully saturated rings. The van der Waals surface area contributed by atoms with Crippen LogP contribution in [0.25, 0.3) is 0 Å². The smallest absolute Gasteiger partial charge is 0.341 e. The molecule has 39 heavy (non-hydrogen) atoms. The SMILES string of the molecule is CC(=O)N[C@H]1CCC(=O)N2CCC[C@@H](C(=O)N[C@@H](CC(=O)O)C(=O)COC(=O)c3c(Cl)cccc3Cl)N2C1=O. The molecule has 210 valence electrons. The minimum atomic E-state index is -1.62. The van der Waals surface area contributed by atoms with Crippen molar-refractivity contribution in [3.63, 3.8) is 0 Å². The number of hydrazine groups is 1. The number of halogens is 2. The van der Waals surface area contributed by atoms with E-state index in [0.29, 0.717) is 6.42 Å². The molecule has 0 saturated carbocycles. The van der Waals surface area contributed by atoms with E-state index in [1.165, 1.54) is 25.1 Å². The Bertz CT molecular complexity index is 1190. The Morgan fingerprint density at radius 3 is 2.41 bits per heavy atom. The zero-order valence-corrected chi connectivity index (χ0v) is 22.3. The number of Topliss-reactive ketones (excluding diaryl/α,β-unsaturated/α-hetero) is 1. The van der Waals surface area contributed by atoms with Gasteiger partial charge in [0.25, 0.3) is 5.91 Å². The number of carbonyl (C=O) groups is 7. The normalized spacial score (nSPS) is 19.9. The number of hydrogen-bond acceptors (Lipinski definition) is 8. The second kappa shape index (κ2) is 12.9. The number of benzene rings is 1. The van der Waals surface area contributed by atoms with Crippen LogP contribution in [-0.2, 0) is 33.5 Å². The minimum Gasteiger partial charge on any atom is -0.481 e. The van der Waals surface area contributed by atoms with Gasteiger partial charge in [-0.3, -0.25) is 33.8 Å². The highest BCUT2D eigenvalue weighted by molar-refractivity contribution is 6.39. The highest BCUT2D eigenvalue weighted by Crippen LogP contribution is 2.26. The maximum Gasteiger partial charge on any atom is 0.341 e. The van der Waals surface area contributed by atoms with E-state index in [1.54, 1.807) is 0 Å². The number of ketones is 1. The summed E-state index contributed by atoms with van der Waals surface area (Å²) < 4.78 is 4.97. The van der Waals surface area contributed by atoms with Gasteiger partial charge in [-0.1, -0.05) is 29.3 Å². The second-order valence-corrected chi connectivity index (χ2v) is 9.76. The fraction of sp³-hybridized carbons (Fsp3) is 0.458. The lowest BCUT2D eigenvalue weighted by Gasteiger charge is -2.43. The summed E-state index contributed by atoms with van der Waals surface area (Å²) in [7, 11) is 0. The summed E-state index contributed by atoms with van der Waals surface area (Å²) in [6, 6.07) is 0.355. The third-order valence-electron chi connectivity index (χ3n) is 6.14. The molecule has 3 rings (SSSR count). The van der Waals surface area contributed by atoms with E-state index in [0.717, 1.165) is 10.0 Å². The van der Waals surface area contributed by atoms with Crippen LogP contribution in [0.2, 0.25) is 10.0 Å². The van der Waals surface area contributed by atoms with Gasteiger partial charge in [0, 0.05) is 19.9 Å². The summed E-state index contributed by atoms with van der Waals surface area (Å²) in [5.74, 6) is -5.87. The first-order valence-electron chi connectivity index (χ1n) is 12.0. The van der Waals surface area contributed by atoms with E-state index in [2.05, 4.69) is 10.6 Å². The molecule has 3 atom stereocenters. The van der Waals surface area contributed by atoms with Gasteiger partial charge in [-0.2, -0.15) is 0 Å². The quantitative estimate of drug-likeness (QED) is 0.352. The molecule has 2 aliphatic heterocycles. The third kappa shape index (κ3) is 7.24. The third-order valence-corrected chi connectivity index (χ3v) is 6.77. The molecule has 15 heteroatoms. The van der Waals surface area contributed by atoms with Gasteiger partial charge < -0.3 is 20.5 Å². The Morgan fingerprint density at radius 1 is 1.13 bits per heavy atom. The fourth-order valence-electron chi connectivity index (χ4n) is 4.34. The number of nitrogens with one attached hydrogen (secondary N) is 2. The van der Waals surface area contributed by atoms with E-state index >= 15 is 0 Å². The number of carboxylic acids is 1. The molecular weight excluding hydrogens is 559 g/mol. The van der Waals surface area contributed by atoms with Gasteiger partial charge in [-0.25, -0.2) is 9.80 Å². The maximum atomic E-state index is 13.3. The Hall–Kier alpha value is -3.71. The molecule has 4 amide bonds. The number of fused-ring (bicyclic) bond motifs is 1. The van der Waals surface area contributed by atoms with Crippen LogP contribution in [0.15, 0.2) is 18.2 Å². The van der Waals surface area contributed by atoms with Crippen LogP contribution in [0.3, 0.4) is 0 Å². The largest absolute Gasteiger partial charge is 0.481 e. The first-order valence-corrected chi connectivity index (χ1v) is 12.7. The van der Waals surface area contributed by atoms with Gasteiger partial charge in [0.15, 0.2) is 12.4 Å². The van der Waals surface area contributed by atoms with Crippen molar-refractivity contribution in [2.24, 2.45) is 0 Å².